The smallest absolute Gasteiger partial charge is 0.414 e. The molecule has 0 aliphatic carbocycles. The maximum atomic E-state index is 12.8. The van der Waals surface area contributed by atoms with Crippen molar-refractivity contribution in [2.24, 2.45) is 5.92 Å². The van der Waals surface area contributed by atoms with Crippen LogP contribution in [0.5, 0.6) is 0 Å². The summed E-state index contributed by atoms with van der Waals surface area (Å²) in [6.45, 7) is 7.32. The number of hydrogen-bond donors (Lipinski definition) is 2. The van der Waals surface area contributed by atoms with Gasteiger partial charge in [0.25, 0.3) is 0 Å². The number of carbonyl (C=O) groups is 2. The molecule has 0 bridgehead atoms. The molecular formula is C20H30FNO5. The van der Waals surface area contributed by atoms with Crippen molar-refractivity contribution in [2.45, 2.75) is 45.6 Å². The zero-order valence-electron chi connectivity index (χ0n) is 15.9. The van der Waals surface area contributed by atoms with Crippen LogP contribution in [0.3, 0.4) is 0 Å². The molecule has 1 heterocycles. The molecule has 27 heavy (non-hydrogen) atoms. The van der Waals surface area contributed by atoms with Gasteiger partial charge >= 0.3 is 11.9 Å². The van der Waals surface area contributed by atoms with Gasteiger partial charge in [0.2, 0.25) is 0 Å². The lowest BCUT2D eigenvalue weighted by Gasteiger charge is -2.32. The molecule has 2 rings (SSSR count). The third kappa shape index (κ3) is 10.7. The van der Waals surface area contributed by atoms with Crippen molar-refractivity contribution in [3.8, 4) is 0 Å². The second-order valence-electron chi connectivity index (χ2n) is 6.77. The SMILES string of the molecule is CCCCCN1CCCC(COCc2ccc(F)cc2)C1.O=C(O)C(=O)O. The van der Waals surface area contributed by atoms with E-state index in [0.29, 0.717) is 12.5 Å². The molecule has 1 aromatic rings. The fourth-order valence-corrected chi connectivity index (χ4v) is 3.00. The number of likely N-dealkylation sites (tertiary alicyclic amines) is 1. The molecule has 1 atom stereocenters. The molecule has 0 spiro atoms. The summed E-state index contributed by atoms with van der Waals surface area (Å²) >= 11 is 0. The maximum absolute atomic E-state index is 12.8. The van der Waals surface area contributed by atoms with Crippen LogP contribution in [0.4, 0.5) is 4.39 Å². The Morgan fingerprint density at radius 1 is 1.19 bits per heavy atom. The van der Waals surface area contributed by atoms with Crippen LogP contribution in [0.2, 0.25) is 0 Å². The molecule has 1 aliphatic rings. The van der Waals surface area contributed by atoms with E-state index in [1.165, 1.54) is 63.9 Å². The number of carboxylic acid groups (broad SMARTS) is 2. The lowest BCUT2D eigenvalue weighted by atomic mass is 9.98. The number of unbranched alkanes of at least 4 members (excludes halogenated alkanes) is 2. The molecule has 0 saturated carbocycles. The van der Waals surface area contributed by atoms with E-state index in [1.807, 2.05) is 0 Å². The predicted octanol–water partition coefficient (Wildman–Crippen LogP) is 3.40. The first-order valence-corrected chi connectivity index (χ1v) is 9.43. The van der Waals surface area contributed by atoms with Crippen LogP contribution < -0.4 is 0 Å². The Balaban J connectivity index is 0.000000527. The molecule has 0 aromatic heterocycles. The van der Waals surface area contributed by atoms with Crippen LogP contribution >= 0.6 is 0 Å². The van der Waals surface area contributed by atoms with Crippen LogP contribution in [0, 0.1) is 11.7 Å². The number of carboxylic acids is 2. The molecule has 0 amide bonds. The summed E-state index contributed by atoms with van der Waals surface area (Å²) in [6, 6.07) is 6.59. The van der Waals surface area contributed by atoms with Crippen LogP contribution in [0.1, 0.15) is 44.6 Å². The molecule has 0 radical (unpaired) electrons. The Morgan fingerprint density at radius 2 is 1.85 bits per heavy atom. The molecule has 1 aliphatic heterocycles. The minimum Gasteiger partial charge on any atom is -0.473 e. The number of hydrogen-bond acceptors (Lipinski definition) is 4. The summed E-state index contributed by atoms with van der Waals surface area (Å²) in [5.74, 6) is -3.18. The van der Waals surface area contributed by atoms with Gasteiger partial charge in [0, 0.05) is 6.54 Å². The highest BCUT2D eigenvalue weighted by Crippen LogP contribution is 2.18. The van der Waals surface area contributed by atoms with E-state index in [1.54, 1.807) is 12.1 Å². The predicted molar refractivity (Wildman–Crippen MR) is 100 cm³/mol. The van der Waals surface area contributed by atoms with Crippen LogP contribution in [-0.4, -0.2) is 53.3 Å². The maximum Gasteiger partial charge on any atom is 0.414 e. The Hall–Kier alpha value is -1.99. The molecule has 2 N–H and O–H groups in total. The highest BCUT2D eigenvalue weighted by Gasteiger charge is 2.19. The number of nitrogens with zero attached hydrogens (tertiary/aromatic N) is 1. The first-order valence-electron chi connectivity index (χ1n) is 9.43. The summed E-state index contributed by atoms with van der Waals surface area (Å²) in [4.78, 5) is 20.8. The summed E-state index contributed by atoms with van der Waals surface area (Å²) in [7, 11) is 0. The third-order valence-electron chi connectivity index (χ3n) is 4.40. The molecule has 152 valence electrons. The first-order chi connectivity index (χ1) is 12.9. The van der Waals surface area contributed by atoms with E-state index in [4.69, 9.17) is 24.5 Å². The third-order valence-corrected chi connectivity index (χ3v) is 4.40. The van der Waals surface area contributed by atoms with Gasteiger partial charge in [-0.3, -0.25) is 0 Å². The van der Waals surface area contributed by atoms with E-state index < -0.39 is 11.9 Å². The van der Waals surface area contributed by atoms with E-state index in [-0.39, 0.29) is 5.82 Å². The van der Waals surface area contributed by atoms with Crippen LogP contribution in [-0.2, 0) is 20.9 Å². The zero-order chi connectivity index (χ0) is 20.1. The van der Waals surface area contributed by atoms with E-state index in [2.05, 4.69) is 11.8 Å². The second kappa shape index (κ2) is 13.2. The van der Waals surface area contributed by atoms with E-state index >= 15 is 0 Å². The Kier molecular flexibility index (Phi) is 11.3. The van der Waals surface area contributed by atoms with Gasteiger partial charge in [-0.05, 0) is 56.0 Å². The number of rotatable bonds is 8. The first kappa shape index (κ1) is 23.0. The summed E-state index contributed by atoms with van der Waals surface area (Å²) in [6.07, 6.45) is 6.50. The molecule has 1 fully saturated rings. The molecule has 7 heteroatoms. The minimum absolute atomic E-state index is 0.186. The van der Waals surface area contributed by atoms with E-state index in [9.17, 15) is 4.39 Å². The standard InChI is InChI=1S/C18H28FNO.C2H2O4/c1-2-3-4-11-20-12-5-6-17(13-20)15-21-14-16-7-9-18(19)10-8-16;3-1(4)2(5)6/h7-10,17H,2-6,11-15H2,1H3;(H,3,4)(H,5,6). The molecule has 1 saturated heterocycles. The second-order valence-corrected chi connectivity index (χ2v) is 6.77. The van der Waals surface area contributed by atoms with Gasteiger partial charge in [-0.25, -0.2) is 14.0 Å². The van der Waals surface area contributed by atoms with Gasteiger partial charge < -0.3 is 19.8 Å². The molecule has 1 unspecified atom stereocenters. The van der Waals surface area contributed by atoms with Crippen LogP contribution in [0.15, 0.2) is 24.3 Å². The van der Waals surface area contributed by atoms with Crippen molar-refractivity contribution in [1.82, 2.24) is 4.90 Å². The number of halogens is 1. The minimum atomic E-state index is -1.82. The van der Waals surface area contributed by atoms with Gasteiger partial charge in [-0.15, -0.1) is 0 Å². The zero-order valence-corrected chi connectivity index (χ0v) is 15.9. The average molecular weight is 383 g/mol. The van der Waals surface area contributed by atoms with Gasteiger partial charge in [0.1, 0.15) is 5.82 Å². The lowest BCUT2D eigenvalue weighted by Crippen LogP contribution is -2.37. The largest absolute Gasteiger partial charge is 0.473 e. The number of aliphatic carboxylic acids is 2. The van der Waals surface area contributed by atoms with Crippen molar-refractivity contribution in [1.29, 1.82) is 0 Å². The number of benzene rings is 1. The summed E-state index contributed by atoms with van der Waals surface area (Å²) < 4.78 is 18.6. The number of piperidine rings is 1. The molecule has 1 aromatic carbocycles. The van der Waals surface area contributed by atoms with Gasteiger partial charge in [-0.2, -0.15) is 0 Å². The molecular weight excluding hydrogens is 353 g/mol. The van der Waals surface area contributed by atoms with Crippen molar-refractivity contribution in [3.05, 3.63) is 35.6 Å². The Morgan fingerprint density at radius 3 is 2.44 bits per heavy atom. The average Bonchev–Trinajstić information content (AvgIpc) is 2.64. The van der Waals surface area contributed by atoms with Crippen LogP contribution in [0.25, 0.3) is 0 Å². The lowest BCUT2D eigenvalue weighted by molar-refractivity contribution is -0.159. The molecule has 6 nitrogen and oxygen atoms in total. The normalized spacial score (nSPS) is 17.0. The topological polar surface area (TPSA) is 87.1 Å². The highest BCUT2D eigenvalue weighted by molar-refractivity contribution is 6.27. The fraction of sp³-hybridized carbons (Fsp3) is 0.600. The van der Waals surface area contributed by atoms with Crippen molar-refractivity contribution in [3.63, 3.8) is 0 Å². The van der Waals surface area contributed by atoms with Crippen molar-refractivity contribution >= 4 is 11.9 Å². The summed E-state index contributed by atoms with van der Waals surface area (Å²) in [5, 5.41) is 14.8. The van der Waals surface area contributed by atoms with Gasteiger partial charge in [0.05, 0.1) is 13.2 Å². The van der Waals surface area contributed by atoms with Gasteiger partial charge in [0.15, 0.2) is 0 Å². The quantitative estimate of drug-likeness (QED) is 0.528. The van der Waals surface area contributed by atoms with Gasteiger partial charge in [-0.1, -0.05) is 31.9 Å². The fourth-order valence-electron chi connectivity index (χ4n) is 3.00. The summed E-state index contributed by atoms with van der Waals surface area (Å²) in [5.41, 5.74) is 1.05. The Labute approximate surface area is 159 Å². The van der Waals surface area contributed by atoms with E-state index in [0.717, 1.165) is 12.2 Å². The monoisotopic (exact) mass is 383 g/mol. The van der Waals surface area contributed by atoms with Crippen molar-refractivity contribution < 1.29 is 28.9 Å². The number of ether oxygens (including phenoxy) is 1. The highest BCUT2D eigenvalue weighted by atomic mass is 19.1. The Bertz CT molecular complexity index is 552. The van der Waals surface area contributed by atoms with Crippen molar-refractivity contribution in [2.75, 3.05) is 26.2 Å².